The second kappa shape index (κ2) is 8.06. The van der Waals surface area contributed by atoms with E-state index in [2.05, 4.69) is 6.07 Å². The minimum atomic E-state index is -0.617. The van der Waals surface area contributed by atoms with Gasteiger partial charge in [-0.3, -0.25) is 9.48 Å². The highest BCUT2D eigenvalue weighted by Gasteiger charge is 2.25. The van der Waals surface area contributed by atoms with Gasteiger partial charge in [0.1, 0.15) is 6.07 Å². The first-order chi connectivity index (χ1) is 13.4. The Hall–Kier alpha value is -3.45. The summed E-state index contributed by atoms with van der Waals surface area (Å²) in [4.78, 5) is 12.6. The topological polar surface area (TPSA) is 58.7 Å². The summed E-state index contributed by atoms with van der Waals surface area (Å²) in [6.45, 7) is 6.07. The van der Waals surface area contributed by atoms with E-state index in [1.54, 1.807) is 6.08 Å². The SMILES string of the molecule is CC(C)(C)C(=O)/C(C#N)=C/c1cn(Cc2ccccc2)nc1-c1ccccc1. The molecule has 0 fully saturated rings. The Bertz CT molecular complexity index is 1030. The number of hydrogen-bond donors (Lipinski definition) is 0. The molecule has 1 aromatic heterocycles. The quantitative estimate of drug-likeness (QED) is 0.463. The number of nitrogens with zero attached hydrogens (tertiary/aromatic N) is 3. The lowest BCUT2D eigenvalue weighted by Crippen LogP contribution is -2.21. The third-order valence-electron chi connectivity index (χ3n) is 4.37. The minimum absolute atomic E-state index is 0.143. The number of carbonyl (C=O) groups excluding carboxylic acids is 1. The van der Waals surface area contributed by atoms with E-state index in [4.69, 9.17) is 5.10 Å². The van der Waals surface area contributed by atoms with Crippen molar-refractivity contribution in [2.24, 2.45) is 5.41 Å². The van der Waals surface area contributed by atoms with Crippen LogP contribution in [0.4, 0.5) is 0 Å². The largest absolute Gasteiger partial charge is 0.293 e. The molecule has 2 aromatic carbocycles. The van der Waals surface area contributed by atoms with Crippen LogP contribution < -0.4 is 0 Å². The third-order valence-corrected chi connectivity index (χ3v) is 4.37. The molecule has 4 nitrogen and oxygen atoms in total. The van der Waals surface area contributed by atoms with Crippen LogP contribution in [-0.2, 0) is 11.3 Å². The second-order valence-corrected chi connectivity index (χ2v) is 7.73. The highest BCUT2D eigenvalue weighted by atomic mass is 16.1. The Kier molecular flexibility index (Phi) is 5.56. The molecule has 0 N–H and O–H groups in total. The summed E-state index contributed by atoms with van der Waals surface area (Å²) in [7, 11) is 0. The lowest BCUT2D eigenvalue weighted by atomic mass is 9.86. The molecule has 0 spiro atoms. The maximum atomic E-state index is 12.6. The molecule has 3 rings (SSSR count). The van der Waals surface area contributed by atoms with E-state index >= 15 is 0 Å². The highest BCUT2D eigenvalue weighted by molar-refractivity contribution is 6.06. The van der Waals surface area contributed by atoms with Gasteiger partial charge in [0.05, 0.1) is 17.8 Å². The van der Waals surface area contributed by atoms with Crippen molar-refractivity contribution >= 4 is 11.9 Å². The van der Waals surface area contributed by atoms with Gasteiger partial charge < -0.3 is 0 Å². The van der Waals surface area contributed by atoms with Crippen LogP contribution in [0.1, 0.15) is 31.9 Å². The molecule has 0 aliphatic heterocycles. The van der Waals surface area contributed by atoms with Crippen molar-refractivity contribution in [3.63, 3.8) is 0 Å². The monoisotopic (exact) mass is 369 g/mol. The van der Waals surface area contributed by atoms with Crippen LogP contribution in [0.25, 0.3) is 17.3 Å². The molecule has 4 heteroatoms. The van der Waals surface area contributed by atoms with Gasteiger partial charge in [0, 0.05) is 22.7 Å². The van der Waals surface area contributed by atoms with Crippen LogP contribution in [0.2, 0.25) is 0 Å². The summed E-state index contributed by atoms with van der Waals surface area (Å²) in [6, 6.07) is 21.9. The van der Waals surface area contributed by atoms with E-state index < -0.39 is 5.41 Å². The van der Waals surface area contributed by atoms with Crippen LogP contribution in [0, 0.1) is 16.7 Å². The number of Topliss-reactive ketones (excluding diaryl/α,β-unsaturated/α-hetero) is 1. The van der Waals surface area contributed by atoms with E-state index in [0.29, 0.717) is 6.54 Å². The number of ketones is 1. The van der Waals surface area contributed by atoms with Crippen LogP contribution >= 0.6 is 0 Å². The highest BCUT2D eigenvalue weighted by Crippen LogP contribution is 2.27. The smallest absolute Gasteiger partial charge is 0.178 e. The second-order valence-electron chi connectivity index (χ2n) is 7.73. The molecule has 0 unspecified atom stereocenters. The molecule has 0 aliphatic rings. The van der Waals surface area contributed by atoms with Gasteiger partial charge in [-0.1, -0.05) is 81.4 Å². The van der Waals surface area contributed by atoms with E-state index in [0.717, 1.165) is 22.4 Å². The summed E-state index contributed by atoms with van der Waals surface area (Å²) in [5.74, 6) is -0.176. The van der Waals surface area contributed by atoms with Crippen molar-refractivity contribution < 1.29 is 4.79 Å². The van der Waals surface area contributed by atoms with Gasteiger partial charge in [0.15, 0.2) is 5.78 Å². The maximum Gasteiger partial charge on any atom is 0.178 e. The summed E-state index contributed by atoms with van der Waals surface area (Å²) in [5.41, 5.74) is 3.12. The van der Waals surface area contributed by atoms with Crippen molar-refractivity contribution in [2.45, 2.75) is 27.3 Å². The fourth-order valence-corrected chi connectivity index (χ4v) is 2.92. The molecule has 0 bridgehead atoms. The first-order valence-corrected chi connectivity index (χ1v) is 9.22. The van der Waals surface area contributed by atoms with Crippen LogP contribution in [-0.4, -0.2) is 15.6 Å². The summed E-state index contributed by atoms with van der Waals surface area (Å²) < 4.78 is 1.85. The Morgan fingerprint density at radius 1 is 1.07 bits per heavy atom. The zero-order valence-corrected chi connectivity index (χ0v) is 16.4. The average Bonchev–Trinajstić information content (AvgIpc) is 3.08. The number of rotatable bonds is 5. The summed E-state index contributed by atoms with van der Waals surface area (Å²) in [5, 5.41) is 14.3. The normalized spacial score (nSPS) is 11.9. The van der Waals surface area contributed by atoms with Gasteiger partial charge in [-0.2, -0.15) is 10.4 Å². The molecule has 0 saturated carbocycles. The van der Waals surface area contributed by atoms with E-state index in [1.807, 2.05) is 92.3 Å². The van der Waals surface area contributed by atoms with Gasteiger partial charge in [-0.25, -0.2) is 0 Å². The Labute approximate surface area is 165 Å². The third kappa shape index (κ3) is 4.44. The van der Waals surface area contributed by atoms with E-state index in [1.165, 1.54) is 0 Å². The lowest BCUT2D eigenvalue weighted by molar-refractivity contribution is -0.121. The average molecular weight is 369 g/mol. The van der Waals surface area contributed by atoms with Crippen LogP contribution in [0.15, 0.2) is 72.4 Å². The first kappa shape index (κ1) is 19.3. The van der Waals surface area contributed by atoms with E-state index in [9.17, 15) is 10.1 Å². The number of allylic oxidation sites excluding steroid dienone is 1. The Morgan fingerprint density at radius 3 is 2.25 bits per heavy atom. The predicted molar refractivity (Wildman–Crippen MR) is 111 cm³/mol. The number of aromatic nitrogens is 2. The van der Waals surface area contributed by atoms with Crippen molar-refractivity contribution in [2.75, 3.05) is 0 Å². The van der Waals surface area contributed by atoms with Gasteiger partial charge in [-0.15, -0.1) is 0 Å². The Balaban J connectivity index is 2.07. The van der Waals surface area contributed by atoms with Crippen LogP contribution in [0.5, 0.6) is 0 Å². The standard InChI is InChI=1S/C24H23N3O/c1-24(2,3)23(28)20(15-25)14-21-17-27(16-18-10-6-4-7-11-18)26-22(21)19-12-8-5-9-13-19/h4-14,17H,16H2,1-3H3/b20-14+. The number of hydrogen-bond acceptors (Lipinski definition) is 3. The molecule has 0 aliphatic carbocycles. The van der Waals surface area contributed by atoms with Crippen molar-refractivity contribution in [1.82, 2.24) is 9.78 Å². The van der Waals surface area contributed by atoms with Crippen molar-refractivity contribution in [3.05, 3.63) is 83.6 Å². The Morgan fingerprint density at radius 2 is 1.68 bits per heavy atom. The minimum Gasteiger partial charge on any atom is -0.293 e. The molecule has 0 saturated heterocycles. The zero-order valence-electron chi connectivity index (χ0n) is 16.4. The summed E-state index contributed by atoms with van der Waals surface area (Å²) in [6.07, 6.45) is 3.55. The number of benzene rings is 2. The fraction of sp³-hybridized carbons (Fsp3) is 0.208. The molecule has 140 valence electrons. The lowest BCUT2D eigenvalue weighted by Gasteiger charge is -2.15. The molecule has 1 heterocycles. The molecule has 0 amide bonds. The first-order valence-electron chi connectivity index (χ1n) is 9.22. The van der Waals surface area contributed by atoms with Crippen LogP contribution in [0.3, 0.4) is 0 Å². The molecular formula is C24H23N3O. The zero-order chi connectivity index (χ0) is 20.1. The maximum absolute atomic E-state index is 12.6. The molecule has 0 atom stereocenters. The molecule has 3 aromatic rings. The number of nitriles is 1. The predicted octanol–water partition coefficient (Wildman–Crippen LogP) is 5.12. The molecule has 28 heavy (non-hydrogen) atoms. The molecule has 0 radical (unpaired) electrons. The van der Waals surface area contributed by atoms with Gasteiger partial charge in [0.25, 0.3) is 0 Å². The fourth-order valence-electron chi connectivity index (χ4n) is 2.92. The molecular weight excluding hydrogens is 346 g/mol. The number of carbonyl (C=O) groups is 1. The van der Waals surface area contributed by atoms with Gasteiger partial charge in [-0.05, 0) is 11.6 Å². The van der Waals surface area contributed by atoms with Crippen molar-refractivity contribution in [1.29, 1.82) is 5.26 Å². The summed E-state index contributed by atoms with van der Waals surface area (Å²) >= 11 is 0. The van der Waals surface area contributed by atoms with E-state index in [-0.39, 0.29) is 11.4 Å². The van der Waals surface area contributed by atoms with Gasteiger partial charge >= 0.3 is 0 Å². The van der Waals surface area contributed by atoms with Crippen molar-refractivity contribution in [3.8, 4) is 17.3 Å². The van der Waals surface area contributed by atoms with Gasteiger partial charge in [0.2, 0.25) is 0 Å².